The van der Waals surface area contributed by atoms with Crippen molar-refractivity contribution >= 4 is 23.4 Å². The summed E-state index contributed by atoms with van der Waals surface area (Å²) in [5.41, 5.74) is 1.47. The Bertz CT molecular complexity index is 568. The van der Waals surface area contributed by atoms with Crippen molar-refractivity contribution in [2.45, 2.75) is 38.0 Å². The summed E-state index contributed by atoms with van der Waals surface area (Å²) in [4.78, 5) is 6.37. The number of benzene rings is 1. The Kier molecular flexibility index (Phi) is 6.78. The Morgan fingerprint density at radius 1 is 1.38 bits per heavy atom. The Morgan fingerprint density at radius 2 is 2.17 bits per heavy atom. The molecule has 24 heavy (non-hydrogen) atoms. The minimum Gasteiger partial charge on any atom is -0.375 e. The molecule has 1 saturated heterocycles. The van der Waals surface area contributed by atoms with Crippen LogP contribution >= 0.6 is 11.8 Å². The molecule has 0 spiro atoms. The van der Waals surface area contributed by atoms with Gasteiger partial charge >= 0.3 is 0 Å². The van der Waals surface area contributed by atoms with Crippen LogP contribution in [0.15, 0.2) is 23.2 Å². The molecule has 2 rings (SSSR count). The van der Waals surface area contributed by atoms with Crippen LogP contribution in [-0.2, 0) is 6.54 Å². The van der Waals surface area contributed by atoms with Crippen molar-refractivity contribution in [2.24, 2.45) is 4.99 Å². The first-order valence-electron chi connectivity index (χ1n) is 8.55. The summed E-state index contributed by atoms with van der Waals surface area (Å²) in [6, 6.07) is 5.30. The maximum atomic E-state index is 14.1. The number of guanidine groups is 1. The van der Waals surface area contributed by atoms with Crippen LogP contribution in [0.25, 0.3) is 0 Å². The lowest BCUT2D eigenvalue weighted by Gasteiger charge is -2.24. The molecule has 4 nitrogen and oxygen atoms in total. The van der Waals surface area contributed by atoms with Gasteiger partial charge in [-0.3, -0.25) is 0 Å². The van der Waals surface area contributed by atoms with E-state index in [1.165, 1.54) is 18.6 Å². The van der Waals surface area contributed by atoms with Crippen molar-refractivity contribution in [3.63, 3.8) is 0 Å². The monoisotopic (exact) mass is 352 g/mol. The number of aliphatic imine (C=N–C) groups is 1. The third-order valence-corrected chi connectivity index (χ3v) is 5.73. The first-order chi connectivity index (χ1) is 11.4. The molecule has 0 saturated carbocycles. The van der Waals surface area contributed by atoms with Gasteiger partial charge in [0, 0.05) is 31.9 Å². The van der Waals surface area contributed by atoms with E-state index < -0.39 is 0 Å². The molecule has 134 valence electrons. The van der Waals surface area contributed by atoms with Gasteiger partial charge in [-0.2, -0.15) is 11.8 Å². The van der Waals surface area contributed by atoms with Gasteiger partial charge < -0.3 is 15.5 Å². The van der Waals surface area contributed by atoms with Crippen LogP contribution in [0.2, 0.25) is 0 Å². The van der Waals surface area contributed by atoms with Gasteiger partial charge in [0.25, 0.3) is 0 Å². The highest BCUT2D eigenvalue weighted by molar-refractivity contribution is 8.00. The fraction of sp³-hybridized carbons (Fsp3) is 0.611. The molecule has 0 bridgehead atoms. The van der Waals surface area contributed by atoms with Crippen molar-refractivity contribution in [3.05, 3.63) is 29.6 Å². The minimum absolute atomic E-state index is 0.208. The zero-order valence-corrected chi connectivity index (χ0v) is 16.0. The zero-order valence-electron chi connectivity index (χ0n) is 15.2. The number of rotatable bonds is 6. The van der Waals surface area contributed by atoms with Gasteiger partial charge in [-0.15, -0.1) is 0 Å². The normalized spacial score (nSPS) is 21.0. The molecule has 1 heterocycles. The van der Waals surface area contributed by atoms with E-state index in [0.717, 1.165) is 24.6 Å². The van der Waals surface area contributed by atoms with Gasteiger partial charge in [-0.25, -0.2) is 9.38 Å². The number of nitrogens with one attached hydrogen (secondary N) is 2. The third kappa shape index (κ3) is 5.30. The molecule has 1 aliphatic heterocycles. The van der Waals surface area contributed by atoms with Crippen LogP contribution in [-0.4, -0.2) is 43.6 Å². The van der Waals surface area contributed by atoms with Crippen LogP contribution in [0.5, 0.6) is 0 Å². The van der Waals surface area contributed by atoms with Crippen LogP contribution in [0, 0.1) is 5.82 Å². The molecule has 1 atom stereocenters. The molecule has 1 unspecified atom stereocenters. The molecule has 1 aromatic rings. The molecular formula is C18H29FN4S. The second-order valence-electron chi connectivity index (χ2n) is 6.63. The van der Waals surface area contributed by atoms with Gasteiger partial charge in [0.2, 0.25) is 0 Å². The van der Waals surface area contributed by atoms with Crippen molar-refractivity contribution in [1.29, 1.82) is 0 Å². The van der Waals surface area contributed by atoms with Crippen molar-refractivity contribution in [2.75, 3.05) is 37.8 Å². The predicted molar refractivity (Wildman–Crippen MR) is 104 cm³/mol. The summed E-state index contributed by atoms with van der Waals surface area (Å²) in [5.74, 6) is 1.83. The molecule has 2 N–H and O–H groups in total. The van der Waals surface area contributed by atoms with Gasteiger partial charge in [0.05, 0.1) is 12.2 Å². The van der Waals surface area contributed by atoms with Crippen LogP contribution in [0.3, 0.4) is 0 Å². The Morgan fingerprint density at radius 3 is 2.75 bits per heavy atom. The summed E-state index contributed by atoms with van der Waals surface area (Å²) in [7, 11) is 3.68. The van der Waals surface area contributed by atoms with E-state index in [1.54, 1.807) is 17.0 Å². The first-order valence-corrected chi connectivity index (χ1v) is 9.54. The van der Waals surface area contributed by atoms with Crippen molar-refractivity contribution in [3.8, 4) is 0 Å². The van der Waals surface area contributed by atoms with Crippen molar-refractivity contribution in [1.82, 2.24) is 10.6 Å². The van der Waals surface area contributed by atoms with Crippen LogP contribution in [0.1, 0.15) is 32.3 Å². The topological polar surface area (TPSA) is 39.7 Å². The maximum Gasteiger partial charge on any atom is 0.191 e. The quantitative estimate of drug-likeness (QED) is 0.609. The van der Waals surface area contributed by atoms with Gasteiger partial charge in [-0.1, -0.05) is 6.07 Å². The molecule has 0 radical (unpaired) electrons. The van der Waals surface area contributed by atoms with E-state index in [4.69, 9.17) is 0 Å². The summed E-state index contributed by atoms with van der Waals surface area (Å²) in [6.45, 7) is 6.52. The Balaban J connectivity index is 1.98. The largest absolute Gasteiger partial charge is 0.375 e. The van der Waals surface area contributed by atoms with E-state index in [-0.39, 0.29) is 10.6 Å². The van der Waals surface area contributed by atoms with Gasteiger partial charge in [0.15, 0.2) is 5.96 Å². The zero-order chi connectivity index (χ0) is 17.6. The number of thioether (sulfide) groups is 1. The molecule has 0 amide bonds. The van der Waals surface area contributed by atoms with Crippen LogP contribution < -0.4 is 15.5 Å². The standard InChI is InChI=1S/C18H29FN4S/c1-5-20-17(22-13-18(2)9-6-10-24-18)21-12-14-7-8-16(23(3)4)15(19)11-14/h7-8,11H,5-6,9-10,12-13H2,1-4H3,(H2,20,21,22). The predicted octanol–water partition coefficient (Wildman–Crippen LogP) is 3.23. The number of halogens is 1. The molecule has 1 aliphatic rings. The average molecular weight is 353 g/mol. The summed E-state index contributed by atoms with van der Waals surface area (Å²) in [5, 5.41) is 6.70. The molecule has 0 aliphatic carbocycles. The summed E-state index contributed by atoms with van der Waals surface area (Å²) < 4.78 is 14.3. The maximum absolute atomic E-state index is 14.1. The Labute approximate surface area is 149 Å². The van der Waals surface area contributed by atoms with E-state index in [1.807, 2.05) is 31.9 Å². The Hall–Kier alpha value is -1.43. The third-order valence-electron chi connectivity index (χ3n) is 4.19. The van der Waals surface area contributed by atoms with E-state index in [2.05, 4.69) is 29.5 Å². The lowest BCUT2D eigenvalue weighted by Crippen LogP contribution is -2.43. The number of hydrogen-bond acceptors (Lipinski definition) is 3. The molecule has 0 aromatic heterocycles. The highest BCUT2D eigenvalue weighted by Gasteiger charge is 2.29. The molecule has 1 fully saturated rings. The molecule has 1 aromatic carbocycles. The first kappa shape index (κ1) is 18.9. The van der Waals surface area contributed by atoms with E-state index in [0.29, 0.717) is 12.2 Å². The highest BCUT2D eigenvalue weighted by atomic mass is 32.2. The lowest BCUT2D eigenvalue weighted by molar-refractivity contribution is 0.584. The molecule has 6 heteroatoms. The molecular weight excluding hydrogens is 323 g/mol. The van der Waals surface area contributed by atoms with Crippen LogP contribution in [0.4, 0.5) is 10.1 Å². The summed E-state index contributed by atoms with van der Waals surface area (Å²) >= 11 is 2.03. The summed E-state index contributed by atoms with van der Waals surface area (Å²) in [6.07, 6.45) is 2.52. The van der Waals surface area contributed by atoms with Crippen molar-refractivity contribution < 1.29 is 4.39 Å². The van der Waals surface area contributed by atoms with Gasteiger partial charge in [0.1, 0.15) is 5.82 Å². The number of nitrogens with zero attached hydrogens (tertiary/aromatic N) is 2. The minimum atomic E-state index is -0.208. The fourth-order valence-electron chi connectivity index (χ4n) is 2.77. The van der Waals surface area contributed by atoms with Gasteiger partial charge in [-0.05, 0) is 50.1 Å². The highest BCUT2D eigenvalue weighted by Crippen LogP contribution is 2.36. The fourth-order valence-corrected chi connectivity index (χ4v) is 4.01. The lowest BCUT2D eigenvalue weighted by atomic mass is 10.1. The smallest absolute Gasteiger partial charge is 0.191 e. The number of hydrogen-bond donors (Lipinski definition) is 2. The second kappa shape index (κ2) is 8.60. The average Bonchev–Trinajstić information content (AvgIpc) is 2.97. The van der Waals surface area contributed by atoms with E-state index in [9.17, 15) is 4.39 Å². The number of anilines is 1. The SMILES string of the molecule is CCNC(=NCc1ccc(N(C)C)c(F)c1)NCC1(C)CCCS1. The second-order valence-corrected chi connectivity index (χ2v) is 8.31. The van der Waals surface area contributed by atoms with E-state index >= 15 is 0 Å².